The molecule has 1 saturated heterocycles. The summed E-state index contributed by atoms with van der Waals surface area (Å²) < 4.78 is 0. The highest BCUT2D eigenvalue weighted by molar-refractivity contribution is 5.71. The highest BCUT2D eigenvalue weighted by Gasteiger charge is 2.33. The monoisotopic (exact) mass is 287 g/mol. The molecule has 1 aromatic heterocycles. The quantitative estimate of drug-likeness (QED) is 0.921. The molecule has 21 heavy (non-hydrogen) atoms. The Kier molecular flexibility index (Phi) is 3.08. The average Bonchev–Trinajstić information content (AvgIpc) is 3.40. The van der Waals surface area contributed by atoms with Crippen molar-refractivity contribution in [3.63, 3.8) is 0 Å². The molecule has 3 aliphatic rings. The molecule has 5 heteroatoms. The molecule has 1 N–H and O–H groups in total. The number of hydrogen-bond donors (Lipinski definition) is 1. The van der Waals surface area contributed by atoms with Gasteiger partial charge in [-0.3, -0.25) is 4.79 Å². The minimum atomic E-state index is -0.682. The third-order valence-corrected chi connectivity index (χ3v) is 4.78. The van der Waals surface area contributed by atoms with Crippen LogP contribution in [0.2, 0.25) is 0 Å². The Hall–Kier alpha value is -1.65. The van der Waals surface area contributed by atoms with E-state index in [1.54, 1.807) is 0 Å². The van der Waals surface area contributed by atoms with Crippen molar-refractivity contribution in [1.29, 1.82) is 0 Å². The fourth-order valence-corrected chi connectivity index (χ4v) is 3.13. The molecule has 2 heterocycles. The van der Waals surface area contributed by atoms with E-state index in [1.807, 2.05) is 0 Å². The number of nitrogens with zero attached hydrogens (tertiary/aromatic N) is 3. The van der Waals surface area contributed by atoms with Gasteiger partial charge in [-0.05, 0) is 38.5 Å². The van der Waals surface area contributed by atoms with E-state index in [0.717, 1.165) is 31.0 Å². The van der Waals surface area contributed by atoms with Crippen LogP contribution in [0, 0.1) is 5.92 Å². The molecular formula is C16H21N3O2. The van der Waals surface area contributed by atoms with Gasteiger partial charge in [0.15, 0.2) is 0 Å². The molecule has 1 atom stereocenters. The second-order valence-electron chi connectivity index (χ2n) is 6.68. The van der Waals surface area contributed by atoms with Gasteiger partial charge in [0.05, 0.1) is 5.92 Å². The molecule has 0 unspecified atom stereocenters. The smallest absolute Gasteiger partial charge is 0.308 e. The van der Waals surface area contributed by atoms with Crippen LogP contribution in [0.1, 0.15) is 61.9 Å². The van der Waals surface area contributed by atoms with E-state index >= 15 is 0 Å². The number of hydrogen-bond acceptors (Lipinski definition) is 4. The molecular weight excluding hydrogens is 266 g/mol. The van der Waals surface area contributed by atoms with Crippen molar-refractivity contribution in [2.24, 2.45) is 5.92 Å². The summed E-state index contributed by atoms with van der Waals surface area (Å²) in [5, 5.41) is 9.25. The van der Waals surface area contributed by atoms with Crippen molar-refractivity contribution in [1.82, 2.24) is 9.97 Å². The summed E-state index contributed by atoms with van der Waals surface area (Å²) in [6, 6.07) is 2.10. The minimum absolute atomic E-state index is 0.262. The third kappa shape index (κ3) is 2.74. The van der Waals surface area contributed by atoms with Crippen LogP contribution in [-0.4, -0.2) is 34.1 Å². The normalized spacial score (nSPS) is 25.9. The molecule has 0 spiro atoms. The standard InChI is InChI=1S/C16H21N3O2/c20-16(21)12-2-1-7-19(9-12)14-8-13(10-3-4-10)17-15(18-14)11-5-6-11/h8,10-12H,1-7,9H2,(H,20,21)/t12-/m1/s1. The van der Waals surface area contributed by atoms with Crippen LogP contribution < -0.4 is 4.90 Å². The van der Waals surface area contributed by atoms with Gasteiger partial charge in [0.25, 0.3) is 0 Å². The first kappa shape index (κ1) is 13.0. The van der Waals surface area contributed by atoms with Gasteiger partial charge in [0.1, 0.15) is 11.6 Å². The van der Waals surface area contributed by atoms with Gasteiger partial charge in [-0.2, -0.15) is 0 Å². The molecule has 0 amide bonds. The van der Waals surface area contributed by atoms with Crippen LogP contribution in [0.3, 0.4) is 0 Å². The lowest BCUT2D eigenvalue weighted by Crippen LogP contribution is -2.39. The van der Waals surface area contributed by atoms with Gasteiger partial charge >= 0.3 is 5.97 Å². The van der Waals surface area contributed by atoms with E-state index in [1.165, 1.54) is 31.4 Å². The van der Waals surface area contributed by atoms with Crippen LogP contribution in [0.4, 0.5) is 5.82 Å². The number of anilines is 1. The molecule has 0 bridgehead atoms. The lowest BCUT2D eigenvalue weighted by Gasteiger charge is -2.32. The topological polar surface area (TPSA) is 66.3 Å². The van der Waals surface area contributed by atoms with E-state index in [9.17, 15) is 9.90 Å². The number of piperidine rings is 1. The van der Waals surface area contributed by atoms with Crippen LogP contribution in [-0.2, 0) is 4.79 Å². The van der Waals surface area contributed by atoms with Crippen LogP contribution >= 0.6 is 0 Å². The number of carbonyl (C=O) groups is 1. The lowest BCUT2D eigenvalue weighted by atomic mass is 9.98. The predicted octanol–water partition coefficient (Wildman–Crippen LogP) is 2.53. The second-order valence-corrected chi connectivity index (χ2v) is 6.68. The number of carboxylic acid groups (broad SMARTS) is 1. The zero-order valence-corrected chi connectivity index (χ0v) is 12.2. The molecule has 0 aromatic carbocycles. The number of rotatable bonds is 4. The summed E-state index contributed by atoms with van der Waals surface area (Å²) in [6.45, 7) is 1.50. The molecule has 3 fully saturated rings. The van der Waals surface area contributed by atoms with E-state index in [2.05, 4.69) is 11.0 Å². The first-order valence-corrected chi connectivity index (χ1v) is 8.07. The number of aliphatic carboxylic acids is 1. The zero-order chi connectivity index (χ0) is 14.4. The maximum absolute atomic E-state index is 11.2. The molecule has 112 valence electrons. The van der Waals surface area contributed by atoms with Gasteiger partial charge in [-0.25, -0.2) is 9.97 Å². The Morgan fingerprint density at radius 3 is 2.57 bits per heavy atom. The molecule has 1 aliphatic heterocycles. The molecule has 2 aliphatic carbocycles. The Bertz CT molecular complexity index is 536. The first-order chi connectivity index (χ1) is 10.2. The van der Waals surface area contributed by atoms with Crippen molar-refractivity contribution in [3.05, 3.63) is 17.6 Å². The summed E-state index contributed by atoms with van der Waals surface area (Å²) in [6.07, 6.45) is 6.58. The molecule has 5 nitrogen and oxygen atoms in total. The second kappa shape index (κ2) is 4.97. The van der Waals surface area contributed by atoms with Gasteiger partial charge in [0.2, 0.25) is 0 Å². The highest BCUT2D eigenvalue weighted by Crippen LogP contribution is 2.43. The van der Waals surface area contributed by atoms with Gasteiger partial charge < -0.3 is 10.0 Å². The Balaban J connectivity index is 1.62. The van der Waals surface area contributed by atoms with E-state index < -0.39 is 5.97 Å². The first-order valence-electron chi connectivity index (χ1n) is 8.07. The van der Waals surface area contributed by atoms with Crippen LogP contribution in [0.25, 0.3) is 0 Å². The predicted molar refractivity (Wildman–Crippen MR) is 78.6 cm³/mol. The van der Waals surface area contributed by atoms with Crippen molar-refractivity contribution in [2.45, 2.75) is 50.4 Å². The summed E-state index contributed by atoms with van der Waals surface area (Å²) in [5.74, 6) is 2.17. The third-order valence-electron chi connectivity index (χ3n) is 4.78. The van der Waals surface area contributed by atoms with Crippen molar-refractivity contribution < 1.29 is 9.90 Å². The fraction of sp³-hybridized carbons (Fsp3) is 0.688. The summed E-state index contributed by atoms with van der Waals surface area (Å²) in [4.78, 5) is 22.9. The van der Waals surface area contributed by atoms with Crippen LogP contribution in [0.15, 0.2) is 6.07 Å². The van der Waals surface area contributed by atoms with Crippen molar-refractivity contribution in [3.8, 4) is 0 Å². The van der Waals surface area contributed by atoms with Gasteiger partial charge in [-0.15, -0.1) is 0 Å². The van der Waals surface area contributed by atoms with Gasteiger partial charge in [0, 0.05) is 36.7 Å². The van der Waals surface area contributed by atoms with E-state index in [-0.39, 0.29) is 5.92 Å². The van der Waals surface area contributed by atoms with E-state index in [4.69, 9.17) is 9.97 Å². The summed E-state index contributed by atoms with van der Waals surface area (Å²) >= 11 is 0. The molecule has 0 radical (unpaired) electrons. The van der Waals surface area contributed by atoms with Crippen molar-refractivity contribution in [2.75, 3.05) is 18.0 Å². The van der Waals surface area contributed by atoms with E-state index in [0.29, 0.717) is 18.4 Å². The summed E-state index contributed by atoms with van der Waals surface area (Å²) in [7, 11) is 0. The number of carboxylic acids is 1. The van der Waals surface area contributed by atoms with Gasteiger partial charge in [-0.1, -0.05) is 0 Å². The minimum Gasteiger partial charge on any atom is -0.481 e. The largest absolute Gasteiger partial charge is 0.481 e. The molecule has 4 rings (SSSR count). The Morgan fingerprint density at radius 1 is 1.14 bits per heavy atom. The zero-order valence-electron chi connectivity index (χ0n) is 12.2. The molecule has 2 saturated carbocycles. The van der Waals surface area contributed by atoms with Crippen LogP contribution in [0.5, 0.6) is 0 Å². The molecule has 1 aromatic rings. The lowest BCUT2D eigenvalue weighted by molar-refractivity contribution is -0.141. The van der Waals surface area contributed by atoms with Crippen molar-refractivity contribution >= 4 is 11.8 Å². The Morgan fingerprint density at radius 2 is 1.90 bits per heavy atom. The maximum Gasteiger partial charge on any atom is 0.308 e. The number of aromatic nitrogens is 2. The Labute approximate surface area is 124 Å². The SMILES string of the molecule is O=C(O)[C@@H]1CCCN(c2cc(C3CC3)nc(C3CC3)n2)C1. The average molecular weight is 287 g/mol. The maximum atomic E-state index is 11.2. The summed E-state index contributed by atoms with van der Waals surface area (Å²) in [5.41, 5.74) is 1.18. The highest BCUT2D eigenvalue weighted by atomic mass is 16.4. The fourth-order valence-electron chi connectivity index (χ4n) is 3.13.